The number of hydrogen-bond acceptors (Lipinski definition) is 3. The van der Waals surface area contributed by atoms with Crippen molar-refractivity contribution in [2.75, 3.05) is 0 Å². The van der Waals surface area contributed by atoms with Gasteiger partial charge >= 0.3 is 0 Å². The van der Waals surface area contributed by atoms with Crippen molar-refractivity contribution in [3.8, 4) is 6.07 Å². The normalized spacial score (nSPS) is 11.0. The number of hydrogen-bond donors (Lipinski definition) is 2. The highest BCUT2D eigenvalue weighted by Gasteiger charge is 2.20. The highest BCUT2D eigenvalue weighted by molar-refractivity contribution is 5.97. The molecule has 2 aromatic carbocycles. The summed E-state index contributed by atoms with van der Waals surface area (Å²) in [5.74, 6) is -0.642. The van der Waals surface area contributed by atoms with Crippen LogP contribution in [0.15, 0.2) is 67.3 Å². The van der Waals surface area contributed by atoms with E-state index in [0.29, 0.717) is 24.1 Å². The molecule has 0 heterocycles. The van der Waals surface area contributed by atoms with Crippen molar-refractivity contribution in [1.82, 2.24) is 10.6 Å². The summed E-state index contributed by atoms with van der Waals surface area (Å²) in [4.78, 5) is 24.7. The van der Waals surface area contributed by atoms with Crippen molar-refractivity contribution in [1.29, 1.82) is 5.26 Å². The largest absolute Gasteiger partial charge is 0.350 e. The first-order chi connectivity index (χ1) is 12.1. The molecular formula is C20H19N3O2. The Kier molecular flexibility index (Phi) is 6.49. The van der Waals surface area contributed by atoms with Crippen LogP contribution in [0.2, 0.25) is 0 Å². The molecule has 0 aliphatic carbocycles. The van der Waals surface area contributed by atoms with Crippen molar-refractivity contribution < 1.29 is 9.59 Å². The summed E-state index contributed by atoms with van der Waals surface area (Å²) in [7, 11) is 0. The molecule has 126 valence electrons. The van der Waals surface area contributed by atoms with Crippen molar-refractivity contribution in [3.05, 3.63) is 83.9 Å². The van der Waals surface area contributed by atoms with E-state index in [2.05, 4.69) is 17.2 Å². The summed E-state index contributed by atoms with van der Waals surface area (Å²) < 4.78 is 0. The molecule has 1 unspecified atom stereocenters. The molecule has 0 bridgehead atoms. The lowest BCUT2D eigenvalue weighted by atomic mass is 10.1. The van der Waals surface area contributed by atoms with Crippen LogP contribution in [0.4, 0.5) is 0 Å². The molecule has 1 atom stereocenters. The van der Waals surface area contributed by atoms with Crippen LogP contribution in [0, 0.1) is 11.3 Å². The smallest absolute Gasteiger partial charge is 0.251 e. The van der Waals surface area contributed by atoms with Gasteiger partial charge in [-0.3, -0.25) is 9.59 Å². The van der Waals surface area contributed by atoms with E-state index < -0.39 is 6.04 Å². The van der Waals surface area contributed by atoms with Gasteiger partial charge in [0, 0.05) is 12.1 Å². The molecule has 0 aliphatic rings. The zero-order chi connectivity index (χ0) is 18.1. The van der Waals surface area contributed by atoms with Crippen molar-refractivity contribution in [3.63, 3.8) is 0 Å². The third-order valence-corrected chi connectivity index (χ3v) is 3.61. The van der Waals surface area contributed by atoms with Crippen molar-refractivity contribution >= 4 is 11.8 Å². The Morgan fingerprint density at radius 2 is 1.80 bits per heavy atom. The summed E-state index contributed by atoms with van der Waals surface area (Å²) in [5.41, 5.74) is 1.84. The lowest BCUT2D eigenvalue weighted by molar-refractivity contribution is -0.123. The van der Waals surface area contributed by atoms with Crippen LogP contribution in [0.5, 0.6) is 0 Å². The van der Waals surface area contributed by atoms with Crippen LogP contribution in [0.25, 0.3) is 0 Å². The van der Waals surface area contributed by atoms with Gasteiger partial charge in [0.25, 0.3) is 5.91 Å². The summed E-state index contributed by atoms with van der Waals surface area (Å²) >= 11 is 0. The van der Waals surface area contributed by atoms with Gasteiger partial charge in [-0.1, -0.05) is 36.4 Å². The molecule has 2 rings (SSSR count). The first-order valence-electron chi connectivity index (χ1n) is 7.87. The number of nitrogens with one attached hydrogen (secondary N) is 2. The van der Waals surface area contributed by atoms with E-state index >= 15 is 0 Å². The molecule has 0 saturated heterocycles. The summed E-state index contributed by atoms with van der Waals surface area (Å²) in [6, 6.07) is 17.1. The standard InChI is InChI=1S/C20H19N3O2/c1-2-6-18(20(25)22-14-16-7-4-3-5-8-16)23-19(24)17-11-9-15(13-21)10-12-17/h2-5,7-12,18H,1,6,14H2,(H,22,25)(H,23,24). The molecule has 2 aromatic rings. The zero-order valence-electron chi connectivity index (χ0n) is 13.7. The number of benzene rings is 2. The molecule has 2 amide bonds. The summed E-state index contributed by atoms with van der Waals surface area (Å²) in [5, 5.41) is 14.3. The van der Waals surface area contributed by atoms with E-state index in [-0.39, 0.29) is 11.8 Å². The van der Waals surface area contributed by atoms with Crippen molar-refractivity contribution in [2.45, 2.75) is 19.0 Å². The second-order valence-electron chi connectivity index (χ2n) is 5.44. The van der Waals surface area contributed by atoms with Gasteiger partial charge in [0.1, 0.15) is 6.04 Å². The van der Waals surface area contributed by atoms with Gasteiger partial charge in [0.05, 0.1) is 11.6 Å². The Morgan fingerprint density at radius 1 is 1.12 bits per heavy atom. The van der Waals surface area contributed by atoms with Gasteiger partial charge in [0.2, 0.25) is 5.91 Å². The fourth-order valence-corrected chi connectivity index (χ4v) is 2.24. The minimum Gasteiger partial charge on any atom is -0.350 e. The van der Waals surface area contributed by atoms with E-state index in [4.69, 9.17) is 5.26 Å². The predicted molar refractivity (Wildman–Crippen MR) is 95.5 cm³/mol. The highest BCUT2D eigenvalue weighted by atomic mass is 16.2. The van der Waals surface area contributed by atoms with Crippen LogP contribution in [0.1, 0.15) is 27.9 Å². The van der Waals surface area contributed by atoms with Gasteiger partial charge in [-0.2, -0.15) is 5.26 Å². The Bertz CT molecular complexity index is 777. The molecule has 2 N–H and O–H groups in total. The Morgan fingerprint density at radius 3 is 2.40 bits per heavy atom. The minimum atomic E-state index is -0.704. The van der Waals surface area contributed by atoms with Crippen LogP contribution >= 0.6 is 0 Å². The highest BCUT2D eigenvalue weighted by Crippen LogP contribution is 2.05. The maximum Gasteiger partial charge on any atom is 0.251 e. The van der Waals surface area contributed by atoms with Gasteiger partial charge in [-0.05, 0) is 36.2 Å². The third-order valence-electron chi connectivity index (χ3n) is 3.61. The maximum atomic E-state index is 12.4. The summed E-state index contributed by atoms with van der Waals surface area (Å²) in [6.07, 6.45) is 1.91. The van der Waals surface area contributed by atoms with Crippen LogP contribution < -0.4 is 10.6 Å². The topological polar surface area (TPSA) is 82.0 Å². The number of rotatable bonds is 7. The van der Waals surface area contributed by atoms with E-state index in [1.807, 2.05) is 36.4 Å². The second-order valence-corrected chi connectivity index (χ2v) is 5.44. The SMILES string of the molecule is C=CCC(NC(=O)c1ccc(C#N)cc1)C(=O)NCc1ccccc1. The molecule has 25 heavy (non-hydrogen) atoms. The number of carbonyl (C=O) groups is 2. The number of nitriles is 1. The molecule has 0 radical (unpaired) electrons. The number of carbonyl (C=O) groups excluding carboxylic acids is 2. The molecular weight excluding hydrogens is 314 g/mol. The third kappa shape index (κ3) is 5.33. The molecule has 5 heteroatoms. The van der Waals surface area contributed by atoms with Crippen molar-refractivity contribution in [2.24, 2.45) is 0 Å². The van der Waals surface area contributed by atoms with E-state index in [1.165, 1.54) is 0 Å². The average molecular weight is 333 g/mol. The molecule has 0 fully saturated rings. The van der Waals surface area contributed by atoms with Crippen LogP contribution in [0.3, 0.4) is 0 Å². The molecule has 5 nitrogen and oxygen atoms in total. The van der Waals surface area contributed by atoms with Gasteiger partial charge < -0.3 is 10.6 Å². The van der Waals surface area contributed by atoms with E-state index in [9.17, 15) is 9.59 Å². The van der Waals surface area contributed by atoms with Gasteiger partial charge in [0.15, 0.2) is 0 Å². The molecule has 0 saturated carbocycles. The average Bonchev–Trinajstić information content (AvgIpc) is 2.66. The van der Waals surface area contributed by atoms with E-state index in [0.717, 1.165) is 5.56 Å². The maximum absolute atomic E-state index is 12.4. The number of nitrogens with zero attached hydrogens (tertiary/aromatic N) is 1. The van der Waals surface area contributed by atoms with Gasteiger partial charge in [-0.15, -0.1) is 6.58 Å². The first kappa shape index (κ1) is 18.0. The van der Waals surface area contributed by atoms with E-state index in [1.54, 1.807) is 30.3 Å². The molecule has 0 aromatic heterocycles. The quantitative estimate of drug-likeness (QED) is 0.764. The Hall–Kier alpha value is -3.39. The fraction of sp³-hybridized carbons (Fsp3) is 0.150. The lowest BCUT2D eigenvalue weighted by Gasteiger charge is -2.17. The predicted octanol–water partition coefficient (Wildman–Crippen LogP) is 2.55. The minimum absolute atomic E-state index is 0.272. The van der Waals surface area contributed by atoms with Gasteiger partial charge in [-0.25, -0.2) is 0 Å². The zero-order valence-corrected chi connectivity index (χ0v) is 13.7. The second kappa shape index (κ2) is 9.04. The monoisotopic (exact) mass is 333 g/mol. The molecule has 0 spiro atoms. The first-order valence-corrected chi connectivity index (χ1v) is 7.87. The lowest BCUT2D eigenvalue weighted by Crippen LogP contribution is -2.46. The summed E-state index contributed by atoms with van der Waals surface area (Å²) in [6.45, 7) is 4.03. The van der Waals surface area contributed by atoms with Crippen LogP contribution in [-0.2, 0) is 11.3 Å². The fourth-order valence-electron chi connectivity index (χ4n) is 2.24. The number of amides is 2. The Balaban J connectivity index is 1.98. The van der Waals surface area contributed by atoms with Crippen LogP contribution in [-0.4, -0.2) is 17.9 Å². The molecule has 0 aliphatic heterocycles. The Labute approximate surface area is 147 Å².